The molecule has 0 aromatic carbocycles. The van der Waals surface area contributed by atoms with E-state index in [-0.39, 0.29) is 6.61 Å². The average molecular weight is 274 g/mol. The van der Waals surface area contributed by atoms with Crippen LogP contribution >= 0.6 is 0 Å². The molecule has 0 unspecified atom stereocenters. The Morgan fingerprint density at radius 2 is 0.800 bits per heavy atom. The second kappa shape index (κ2) is 17.7. The summed E-state index contributed by atoms with van der Waals surface area (Å²) in [7, 11) is 0. The first-order valence-electron chi connectivity index (χ1n) is 7.73. The van der Waals surface area contributed by atoms with Crippen LogP contribution in [0, 0.1) is 0 Å². The summed E-state index contributed by atoms with van der Waals surface area (Å²) < 4.78 is 0. The SMILES string of the molecule is C=CCC/C=C/CC/C=C/CC/C=C/CC/C=C/CO. The number of unbranched alkanes of at least 4 members (excludes halogenated alkanes) is 4. The highest BCUT2D eigenvalue weighted by Crippen LogP contribution is 2.00. The van der Waals surface area contributed by atoms with Crippen molar-refractivity contribution in [2.24, 2.45) is 0 Å². The van der Waals surface area contributed by atoms with Gasteiger partial charge in [0, 0.05) is 0 Å². The van der Waals surface area contributed by atoms with Gasteiger partial charge in [-0.3, -0.25) is 0 Å². The van der Waals surface area contributed by atoms with Gasteiger partial charge in [0.05, 0.1) is 6.61 Å². The van der Waals surface area contributed by atoms with Crippen LogP contribution in [-0.2, 0) is 0 Å². The molecule has 0 aromatic rings. The standard InChI is InChI=1S/C19H30O/c1-2-3-4-5-6-7-8-9-10-11-12-13-14-15-16-17-18-19-20/h2,5-6,9-10,13-14,17-18,20H,1,3-4,7-8,11-12,15-16,19H2/b6-5+,10-9+,14-13+,18-17+. The van der Waals surface area contributed by atoms with Gasteiger partial charge in [-0.2, -0.15) is 0 Å². The van der Waals surface area contributed by atoms with Gasteiger partial charge in [-0.15, -0.1) is 6.58 Å². The summed E-state index contributed by atoms with van der Waals surface area (Å²) in [5.74, 6) is 0. The Labute approximate surface area is 125 Å². The van der Waals surface area contributed by atoms with Crippen LogP contribution in [0.15, 0.2) is 61.3 Å². The van der Waals surface area contributed by atoms with E-state index in [0.29, 0.717) is 0 Å². The molecule has 0 aliphatic carbocycles. The number of allylic oxidation sites excluding steroid dienone is 8. The Kier molecular flexibility index (Phi) is 16.5. The lowest BCUT2D eigenvalue weighted by Gasteiger charge is -1.90. The fourth-order valence-corrected chi connectivity index (χ4v) is 1.69. The highest BCUT2D eigenvalue weighted by atomic mass is 16.2. The molecule has 0 saturated heterocycles. The van der Waals surface area contributed by atoms with Crippen molar-refractivity contribution < 1.29 is 5.11 Å². The minimum atomic E-state index is 0.151. The van der Waals surface area contributed by atoms with Crippen molar-refractivity contribution in [1.82, 2.24) is 0 Å². The van der Waals surface area contributed by atoms with Crippen molar-refractivity contribution in [2.45, 2.75) is 51.4 Å². The van der Waals surface area contributed by atoms with Crippen LogP contribution in [-0.4, -0.2) is 11.7 Å². The maximum Gasteiger partial charge on any atom is 0.0612 e. The van der Waals surface area contributed by atoms with Crippen molar-refractivity contribution in [3.63, 3.8) is 0 Å². The zero-order chi connectivity index (χ0) is 14.7. The molecule has 1 heteroatoms. The summed E-state index contributed by atoms with van der Waals surface area (Å²) in [6, 6.07) is 0. The molecule has 20 heavy (non-hydrogen) atoms. The fourth-order valence-electron chi connectivity index (χ4n) is 1.69. The minimum Gasteiger partial charge on any atom is -0.392 e. The largest absolute Gasteiger partial charge is 0.392 e. The molecule has 112 valence electrons. The molecular weight excluding hydrogens is 244 g/mol. The van der Waals surface area contributed by atoms with E-state index < -0.39 is 0 Å². The lowest BCUT2D eigenvalue weighted by Crippen LogP contribution is -1.72. The second-order valence-electron chi connectivity index (χ2n) is 4.67. The van der Waals surface area contributed by atoms with Crippen molar-refractivity contribution in [3.8, 4) is 0 Å². The first-order chi connectivity index (χ1) is 9.91. The molecule has 0 bridgehead atoms. The maximum absolute atomic E-state index is 8.56. The molecule has 0 radical (unpaired) electrons. The monoisotopic (exact) mass is 274 g/mol. The van der Waals surface area contributed by atoms with E-state index in [4.69, 9.17) is 5.11 Å². The summed E-state index contributed by atoms with van der Waals surface area (Å²) in [5.41, 5.74) is 0. The molecule has 1 nitrogen and oxygen atoms in total. The van der Waals surface area contributed by atoms with Crippen LogP contribution in [0.4, 0.5) is 0 Å². The Hall–Kier alpha value is -1.34. The van der Waals surface area contributed by atoms with Crippen molar-refractivity contribution >= 4 is 0 Å². The Morgan fingerprint density at radius 1 is 0.500 bits per heavy atom. The summed E-state index contributed by atoms with van der Waals surface area (Å²) in [5, 5.41) is 8.56. The third-order valence-corrected chi connectivity index (χ3v) is 2.81. The Morgan fingerprint density at radius 3 is 1.10 bits per heavy atom. The number of aliphatic hydroxyl groups is 1. The Balaban J connectivity index is 3.30. The molecule has 0 fully saturated rings. The number of aliphatic hydroxyl groups excluding tert-OH is 1. The summed E-state index contributed by atoms with van der Waals surface area (Å²) >= 11 is 0. The maximum atomic E-state index is 8.56. The van der Waals surface area contributed by atoms with Crippen molar-refractivity contribution in [3.05, 3.63) is 61.3 Å². The quantitative estimate of drug-likeness (QED) is 0.347. The second-order valence-corrected chi connectivity index (χ2v) is 4.67. The van der Waals surface area contributed by atoms with Gasteiger partial charge in [-0.05, 0) is 51.4 Å². The van der Waals surface area contributed by atoms with Crippen LogP contribution in [0.25, 0.3) is 0 Å². The van der Waals surface area contributed by atoms with Gasteiger partial charge in [-0.1, -0.05) is 54.7 Å². The molecule has 0 aliphatic rings. The van der Waals surface area contributed by atoms with E-state index in [2.05, 4.69) is 43.0 Å². The van der Waals surface area contributed by atoms with Crippen molar-refractivity contribution in [2.75, 3.05) is 6.61 Å². The van der Waals surface area contributed by atoms with Gasteiger partial charge >= 0.3 is 0 Å². The molecular formula is C19H30O. The number of hydrogen-bond donors (Lipinski definition) is 1. The van der Waals surface area contributed by atoms with E-state index in [1.807, 2.05) is 12.2 Å². The predicted octanol–water partition coefficient (Wildman–Crippen LogP) is 5.51. The van der Waals surface area contributed by atoms with Crippen molar-refractivity contribution in [1.29, 1.82) is 0 Å². The molecule has 0 spiro atoms. The van der Waals surface area contributed by atoms with Gasteiger partial charge in [0.1, 0.15) is 0 Å². The average Bonchev–Trinajstić information content (AvgIpc) is 2.47. The van der Waals surface area contributed by atoms with E-state index >= 15 is 0 Å². The van der Waals surface area contributed by atoms with E-state index in [1.165, 1.54) is 0 Å². The normalized spacial score (nSPS) is 12.4. The topological polar surface area (TPSA) is 20.2 Å². The van der Waals surface area contributed by atoms with E-state index in [9.17, 15) is 0 Å². The van der Waals surface area contributed by atoms with Gasteiger partial charge in [0.25, 0.3) is 0 Å². The molecule has 0 rings (SSSR count). The predicted molar refractivity (Wildman–Crippen MR) is 90.8 cm³/mol. The smallest absolute Gasteiger partial charge is 0.0612 e. The molecule has 0 heterocycles. The van der Waals surface area contributed by atoms with Gasteiger partial charge in [-0.25, -0.2) is 0 Å². The first kappa shape index (κ1) is 18.7. The van der Waals surface area contributed by atoms with Crippen LogP contribution in [0.1, 0.15) is 51.4 Å². The summed E-state index contributed by atoms with van der Waals surface area (Å²) in [4.78, 5) is 0. The fraction of sp³-hybridized carbons (Fsp3) is 0.474. The van der Waals surface area contributed by atoms with Crippen LogP contribution in [0.5, 0.6) is 0 Å². The third-order valence-electron chi connectivity index (χ3n) is 2.81. The highest BCUT2D eigenvalue weighted by molar-refractivity contribution is 4.92. The third kappa shape index (κ3) is 16.7. The Bertz CT molecular complexity index is 308. The molecule has 1 N–H and O–H groups in total. The van der Waals surface area contributed by atoms with Crippen LogP contribution < -0.4 is 0 Å². The van der Waals surface area contributed by atoms with E-state index in [1.54, 1.807) is 6.08 Å². The lowest BCUT2D eigenvalue weighted by molar-refractivity contribution is 0.342. The zero-order valence-electron chi connectivity index (χ0n) is 12.7. The number of rotatable bonds is 13. The van der Waals surface area contributed by atoms with Gasteiger partial charge in [0.2, 0.25) is 0 Å². The van der Waals surface area contributed by atoms with E-state index in [0.717, 1.165) is 51.4 Å². The van der Waals surface area contributed by atoms with Crippen LogP contribution in [0.3, 0.4) is 0 Å². The lowest BCUT2D eigenvalue weighted by atomic mass is 10.2. The zero-order valence-corrected chi connectivity index (χ0v) is 12.7. The van der Waals surface area contributed by atoms with Crippen LogP contribution in [0.2, 0.25) is 0 Å². The number of hydrogen-bond acceptors (Lipinski definition) is 1. The molecule has 0 amide bonds. The summed E-state index contributed by atoms with van der Waals surface area (Å²) in [6.45, 7) is 3.85. The molecule has 0 atom stereocenters. The first-order valence-corrected chi connectivity index (χ1v) is 7.73. The van der Waals surface area contributed by atoms with Gasteiger partial charge in [0.15, 0.2) is 0 Å². The highest BCUT2D eigenvalue weighted by Gasteiger charge is 1.80. The molecule has 0 aromatic heterocycles. The molecule has 0 saturated carbocycles. The minimum absolute atomic E-state index is 0.151. The summed E-state index contributed by atoms with van der Waals surface area (Å²) in [6.07, 6.45) is 28.1. The molecule has 0 aliphatic heterocycles. The van der Waals surface area contributed by atoms with Gasteiger partial charge < -0.3 is 5.11 Å².